The summed E-state index contributed by atoms with van der Waals surface area (Å²) in [5, 5.41) is 22.9. The first-order valence-electron chi connectivity index (χ1n) is 17.9. The molecule has 0 saturated heterocycles. The number of hydrogen-bond donors (Lipinski definition) is 2. The Balaban J connectivity index is 0.000000360. The molecule has 13 heteroatoms. The van der Waals surface area contributed by atoms with Gasteiger partial charge in [-0.05, 0) is 79.8 Å². The van der Waals surface area contributed by atoms with Gasteiger partial charge >= 0.3 is 37.7 Å². The average Bonchev–Trinajstić information content (AvgIpc) is 3.10. The van der Waals surface area contributed by atoms with Crippen LogP contribution in [0, 0.1) is 0 Å². The molecule has 0 amide bonds. The van der Waals surface area contributed by atoms with Gasteiger partial charge in [-0.2, -0.15) is 8.42 Å². The van der Waals surface area contributed by atoms with E-state index in [9.17, 15) is 36.2 Å². The van der Waals surface area contributed by atoms with Crippen molar-refractivity contribution in [1.29, 1.82) is 0 Å². The predicted octanol–water partition coefficient (Wildman–Crippen LogP) is 9.31. The first kappa shape index (κ1) is 46.3. The molecule has 0 radical (unpaired) electrons. The third-order valence-electron chi connectivity index (χ3n) is 8.43. The van der Waals surface area contributed by atoms with Crippen LogP contribution in [0.1, 0.15) is 102 Å². The molecule has 0 unspecified atom stereocenters. The molecule has 0 saturated carbocycles. The standard InChI is InChI=1S/2C20H26O5S.Ca/c2*1-2-3-4-5-6-10-13-17-18(25-16-11-8-7-9-12-16)14-15-19(20(17)21)26(22,23)24;/h2*7-9,11-12,14-15,21H,2-6,10,13H2,1H3,(H,22,23,24);/q;;+2/p-2. The van der Waals surface area contributed by atoms with Crippen molar-refractivity contribution in [3.8, 4) is 34.5 Å². The Morgan fingerprint density at radius 2 is 0.962 bits per heavy atom. The fourth-order valence-electron chi connectivity index (χ4n) is 5.65. The van der Waals surface area contributed by atoms with Crippen LogP contribution in [-0.4, -0.2) is 68.8 Å². The van der Waals surface area contributed by atoms with Gasteiger partial charge in [-0.15, -0.1) is 0 Å². The van der Waals surface area contributed by atoms with E-state index < -0.39 is 41.5 Å². The van der Waals surface area contributed by atoms with Gasteiger partial charge in [0.2, 0.25) is 0 Å². The molecule has 0 bridgehead atoms. The number of phenols is 1. The average molecular weight is 795 g/mol. The summed E-state index contributed by atoms with van der Waals surface area (Å²) in [4.78, 5) is -1.20. The summed E-state index contributed by atoms with van der Waals surface area (Å²) in [6.45, 7) is 4.30. The Morgan fingerprint density at radius 1 is 0.566 bits per heavy atom. The molecule has 53 heavy (non-hydrogen) atoms. The van der Waals surface area contributed by atoms with Gasteiger partial charge in [0.05, 0.1) is 0 Å². The van der Waals surface area contributed by atoms with E-state index in [4.69, 9.17) is 9.47 Å². The molecule has 0 aliphatic carbocycles. The van der Waals surface area contributed by atoms with Crippen LogP contribution >= 0.6 is 0 Å². The summed E-state index contributed by atoms with van der Waals surface area (Å²) in [6, 6.07) is 23.1. The summed E-state index contributed by atoms with van der Waals surface area (Å²) < 4.78 is 77.8. The SMILES string of the molecule is CCCCCCCCc1c(Oc2ccccc2)ccc(S(=O)(=O)O)c1O.CCCCCCCCc1c(Oc2ccccc2)ccc(S(=O)(=O)[O-])c1[O-].[Ca+2]. The summed E-state index contributed by atoms with van der Waals surface area (Å²) in [5.41, 5.74) is 0.653. The largest absolute Gasteiger partial charge is 2.00 e. The van der Waals surface area contributed by atoms with Gasteiger partial charge < -0.3 is 24.2 Å². The van der Waals surface area contributed by atoms with Crippen molar-refractivity contribution >= 4 is 58.0 Å². The molecular formula is C40H50CaO10S2. The first-order valence-corrected chi connectivity index (χ1v) is 20.8. The van der Waals surface area contributed by atoms with Crippen LogP contribution in [0.15, 0.2) is 94.7 Å². The van der Waals surface area contributed by atoms with Crippen LogP contribution in [0.5, 0.6) is 34.5 Å². The maximum atomic E-state index is 12.5. The van der Waals surface area contributed by atoms with E-state index >= 15 is 0 Å². The molecule has 4 rings (SSSR count). The van der Waals surface area contributed by atoms with Gasteiger partial charge in [-0.3, -0.25) is 4.55 Å². The number of hydrogen-bond acceptors (Lipinski definition) is 9. The third-order valence-corrected chi connectivity index (χ3v) is 10.2. The summed E-state index contributed by atoms with van der Waals surface area (Å²) in [6.07, 6.45) is 13.5. The summed E-state index contributed by atoms with van der Waals surface area (Å²) in [7, 11) is -9.30. The summed E-state index contributed by atoms with van der Waals surface area (Å²) in [5.74, 6) is 0.665. The second-order valence-electron chi connectivity index (χ2n) is 12.6. The van der Waals surface area contributed by atoms with Crippen molar-refractivity contribution in [3.05, 3.63) is 96.1 Å². The van der Waals surface area contributed by atoms with Crippen molar-refractivity contribution in [2.75, 3.05) is 0 Å². The predicted molar refractivity (Wildman–Crippen MR) is 205 cm³/mol. The van der Waals surface area contributed by atoms with Crippen molar-refractivity contribution < 1.29 is 45.6 Å². The fraction of sp³-hybridized carbons (Fsp3) is 0.400. The van der Waals surface area contributed by atoms with Gasteiger partial charge in [0.15, 0.2) is 0 Å². The number of unbranched alkanes of at least 4 members (excludes halogenated alkanes) is 10. The number of para-hydroxylation sites is 2. The van der Waals surface area contributed by atoms with E-state index in [1.54, 1.807) is 36.4 Å². The minimum absolute atomic E-state index is 0. The minimum Gasteiger partial charge on any atom is -0.871 e. The molecule has 2 N–H and O–H groups in total. The second-order valence-corrected chi connectivity index (χ2v) is 15.3. The molecule has 0 aliphatic heterocycles. The van der Waals surface area contributed by atoms with Crippen molar-refractivity contribution in [2.24, 2.45) is 0 Å². The van der Waals surface area contributed by atoms with Crippen LogP contribution < -0.4 is 14.6 Å². The van der Waals surface area contributed by atoms with E-state index in [0.717, 1.165) is 63.5 Å². The quantitative estimate of drug-likeness (QED) is 0.0499. The number of benzene rings is 4. The molecule has 0 spiro atoms. The Labute approximate surface area is 345 Å². The van der Waals surface area contributed by atoms with E-state index in [1.165, 1.54) is 37.8 Å². The van der Waals surface area contributed by atoms with Gasteiger partial charge in [-0.25, -0.2) is 8.42 Å². The zero-order valence-electron chi connectivity index (χ0n) is 30.7. The van der Waals surface area contributed by atoms with Crippen molar-refractivity contribution in [3.63, 3.8) is 0 Å². The Morgan fingerprint density at radius 3 is 1.40 bits per heavy atom. The Kier molecular flexibility index (Phi) is 20.8. The van der Waals surface area contributed by atoms with Gasteiger partial charge in [0, 0.05) is 10.5 Å². The smallest absolute Gasteiger partial charge is 0.871 e. The number of phenolic OH excluding ortho intramolecular Hbond substituents is 1. The molecule has 0 heterocycles. The van der Waals surface area contributed by atoms with Crippen LogP contribution in [0.25, 0.3) is 0 Å². The van der Waals surface area contributed by atoms with Crippen LogP contribution in [0.3, 0.4) is 0 Å². The monoisotopic (exact) mass is 794 g/mol. The molecule has 4 aromatic carbocycles. The molecular weight excluding hydrogens is 745 g/mol. The topological polar surface area (TPSA) is 173 Å². The van der Waals surface area contributed by atoms with E-state index in [2.05, 4.69) is 13.8 Å². The van der Waals surface area contributed by atoms with E-state index in [0.29, 0.717) is 41.4 Å². The van der Waals surface area contributed by atoms with Crippen LogP contribution in [0.4, 0.5) is 0 Å². The Hall–Kier alpha value is -2.84. The van der Waals surface area contributed by atoms with E-state index in [1.807, 2.05) is 24.3 Å². The molecule has 0 aromatic heterocycles. The van der Waals surface area contributed by atoms with Gasteiger partial charge in [0.25, 0.3) is 10.1 Å². The molecule has 0 fully saturated rings. The first-order chi connectivity index (χ1) is 24.9. The molecule has 284 valence electrons. The zero-order chi connectivity index (χ0) is 38.0. The molecule has 4 aromatic rings. The third kappa shape index (κ3) is 15.8. The van der Waals surface area contributed by atoms with Gasteiger partial charge in [-0.1, -0.05) is 120 Å². The summed E-state index contributed by atoms with van der Waals surface area (Å²) >= 11 is 0. The minimum atomic E-state index is -4.81. The van der Waals surface area contributed by atoms with E-state index in [-0.39, 0.29) is 43.3 Å². The molecule has 10 nitrogen and oxygen atoms in total. The Bertz CT molecular complexity index is 1750. The maximum absolute atomic E-state index is 12.5. The normalized spacial score (nSPS) is 11.2. The van der Waals surface area contributed by atoms with Crippen molar-refractivity contribution in [2.45, 2.75) is 114 Å². The van der Waals surface area contributed by atoms with Crippen LogP contribution in [0.2, 0.25) is 0 Å². The second kappa shape index (κ2) is 23.8. The molecule has 0 aliphatic rings. The number of rotatable bonds is 20. The van der Waals surface area contributed by atoms with Gasteiger partial charge in [0.1, 0.15) is 43.8 Å². The zero-order valence-corrected chi connectivity index (χ0v) is 34.5. The molecule has 0 atom stereocenters. The fourth-order valence-corrected chi connectivity index (χ4v) is 6.85. The number of aromatic hydroxyl groups is 1. The van der Waals surface area contributed by atoms with Crippen molar-refractivity contribution in [1.82, 2.24) is 0 Å². The number of ether oxygens (including phenoxy) is 2. The maximum Gasteiger partial charge on any atom is 2.00 e. The van der Waals surface area contributed by atoms with Crippen LogP contribution in [-0.2, 0) is 33.1 Å².